The zero-order valence-corrected chi connectivity index (χ0v) is 20.2. The molecule has 0 unspecified atom stereocenters. The van der Waals surface area contributed by atoms with Gasteiger partial charge in [0.2, 0.25) is 0 Å². The number of anilines is 1. The predicted octanol–water partition coefficient (Wildman–Crippen LogP) is 3.89. The van der Waals surface area contributed by atoms with Gasteiger partial charge >= 0.3 is 5.97 Å². The van der Waals surface area contributed by atoms with Crippen molar-refractivity contribution in [2.75, 3.05) is 24.7 Å². The summed E-state index contributed by atoms with van der Waals surface area (Å²) in [6.07, 6.45) is 0.0983. The van der Waals surface area contributed by atoms with Gasteiger partial charge in [-0.25, -0.2) is 4.79 Å². The zero-order valence-electron chi connectivity index (χ0n) is 20.2. The molecule has 0 bridgehead atoms. The predicted molar refractivity (Wildman–Crippen MR) is 138 cm³/mol. The Morgan fingerprint density at radius 1 is 0.973 bits per heavy atom. The molecule has 0 fully saturated rings. The lowest BCUT2D eigenvalue weighted by Crippen LogP contribution is -2.35. The molecule has 1 aromatic heterocycles. The molecule has 0 N–H and O–H groups in total. The lowest BCUT2D eigenvalue weighted by molar-refractivity contribution is -0.121. The summed E-state index contributed by atoms with van der Waals surface area (Å²) in [5.41, 5.74) is 0.562. The van der Waals surface area contributed by atoms with E-state index in [1.807, 2.05) is 13.0 Å². The molecule has 0 aliphatic carbocycles. The first-order chi connectivity index (χ1) is 18.0. The number of hydrogen-bond acceptors (Lipinski definition) is 7. The monoisotopic (exact) mass is 496 g/mol. The van der Waals surface area contributed by atoms with Crippen molar-refractivity contribution in [2.45, 2.75) is 13.3 Å². The smallest absolute Gasteiger partial charge is 0.359 e. The van der Waals surface area contributed by atoms with E-state index < -0.39 is 18.5 Å². The van der Waals surface area contributed by atoms with Gasteiger partial charge in [-0.1, -0.05) is 36.4 Å². The number of amides is 1. The number of hydrogen-bond donors (Lipinski definition) is 0. The average Bonchev–Trinajstić information content (AvgIpc) is 2.94. The largest absolute Gasteiger partial charge is 0.494 e. The first-order valence-corrected chi connectivity index (χ1v) is 11.7. The van der Waals surface area contributed by atoms with E-state index in [1.165, 1.54) is 4.90 Å². The van der Waals surface area contributed by atoms with Crippen molar-refractivity contribution in [3.05, 3.63) is 94.9 Å². The highest BCUT2D eigenvalue weighted by Gasteiger charge is 2.22. The van der Waals surface area contributed by atoms with Crippen molar-refractivity contribution in [1.82, 2.24) is 9.78 Å². The van der Waals surface area contributed by atoms with Crippen LogP contribution >= 0.6 is 0 Å². The Bertz CT molecular complexity index is 1510. The second-order valence-electron chi connectivity index (χ2n) is 7.90. The maximum Gasteiger partial charge on any atom is 0.359 e. The third-order valence-electron chi connectivity index (χ3n) is 5.53. The zero-order chi connectivity index (χ0) is 26.2. The van der Waals surface area contributed by atoms with Crippen LogP contribution in [0.4, 0.5) is 5.69 Å². The fraction of sp³-hybridized carbons (Fsp3) is 0.179. The van der Waals surface area contributed by atoms with Crippen LogP contribution in [0.5, 0.6) is 5.75 Å². The Hall–Kier alpha value is -4.97. The molecule has 3 aromatic carbocycles. The van der Waals surface area contributed by atoms with Gasteiger partial charge in [0, 0.05) is 17.6 Å². The first-order valence-electron chi connectivity index (χ1n) is 11.7. The van der Waals surface area contributed by atoms with Crippen molar-refractivity contribution in [3.63, 3.8) is 0 Å². The summed E-state index contributed by atoms with van der Waals surface area (Å²) in [7, 11) is 0. The van der Waals surface area contributed by atoms with Crippen LogP contribution in [-0.2, 0) is 9.53 Å². The molecule has 1 amide bonds. The van der Waals surface area contributed by atoms with E-state index in [4.69, 9.17) is 14.7 Å². The van der Waals surface area contributed by atoms with Crippen molar-refractivity contribution < 1.29 is 19.1 Å². The van der Waals surface area contributed by atoms with Gasteiger partial charge in [0.25, 0.3) is 11.5 Å². The lowest BCUT2D eigenvalue weighted by Gasteiger charge is -2.22. The van der Waals surface area contributed by atoms with Gasteiger partial charge in [-0.15, -0.1) is 0 Å². The number of para-hydroxylation sites is 1. The molecular formula is C28H24N4O5. The minimum atomic E-state index is -0.846. The number of esters is 1. The summed E-state index contributed by atoms with van der Waals surface area (Å²) in [5, 5.41) is 13.9. The third-order valence-corrected chi connectivity index (χ3v) is 5.53. The molecule has 0 radical (unpaired) electrons. The molecule has 1 heterocycles. The molecule has 37 heavy (non-hydrogen) atoms. The molecule has 9 heteroatoms. The van der Waals surface area contributed by atoms with E-state index in [9.17, 15) is 14.4 Å². The quantitative estimate of drug-likeness (QED) is 0.323. The summed E-state index contributed by atoms with van der Waals surface area (Å²) in [6, 6.07) is 24.2. The highest BCUT2D eigenvalue weighted by Crippen LogP contribution is 2.21. The van der Waals surface area contributed by atoms with Crippen LogP contribution in [0.1, 0.15) is 23.8 Å². The van der Waals surface area contributed by atoms with E-state index >= 15 is 0 Å². The van der Waals surface area contributed by atoms with Crippen LogP contribution in [0.3, 0.4) is 0 Å². The number of fused-ring (bicyclic) bond motifs is 1. The molecule has 0 aliphatic rings. The highest BCUT2D eigenvalue weighted by atomic mass is 16.5. The second kappa shape index (κ2) is 11.6. The lowest BCUT2D eigenvalue weighted by atomic mass is 10.1. The maximum atomic E-state index is 13.1. The van der Waals surface area contributed by atoms with Crippen LogP contribution in [-0.4, -0.2) is 41.4 Å². The molecule has 0 atom stereocenters. The summed E-state index contributed by atoms with van der Waals surface area (Å²) in [4.78, 5) is 40.6. The number of aromatic nitrogens is 2. The molecule has 0 spiro atoms. The number of ether oxygens (including phenoxy) is 2. The molecule has 0 saturated carbocycles. The van der Waals surface area contributed by atoms with Gasteiger partial charge in [-0.2, -0.15) is 15.0 Å². The Morgan fingerprint density at radius 3 is 2.32 bits per heavy atom. The van der Waals surface area contributed by atoms with Crippen LogP contribution in [0.2, 0.25) is 0 Å². The molecule has 4 rings (SSSR count). The molecule has 0 saturated heterocycles. The molecule has 0 aliphatic heterocycles. The Kier molecular flexibility index (Phi) is 7.91. The molecule has 9 nitrogen and oxygen atoms in total. The molecule has 4 aromatic rings. The van der Waals surface area contributed by atoms with Gasteiger partial charge in [0.15, 0.2) is 12.3 Å². The number of nitrogens with zero attached hydrogens (tertiary/aromatic N) is 4. The van der Waals surface area contributed by atoms with Crippen molar-refractivity contribution >= 4 is 28.3 Å². The summed E-state index contributed by atoms with van der Waals surface area (Å²) in [5.74, 6) is -0.702. The Labute approximate surface area is 213 Å². The maximum absolute atomic E-state index is 13.1. The third kappa shape index (κ3) is 5.65. The van der Waals surface area contributed by atoms with Gasteiger partial charge in [-0.3, -0.25) is 9.59 Å². The fourth-order valence-electron chi connectivity index (χ4n) is 3.81. The standard InChI is InChI=1S/C28H24N4O5/c1-2-36-22-15-13-20(14-16-22)31(18-8-17-29)25(33)19-37-28(35)26-23-11-6-7-12-24(23)27(34)32(30-26)21-9-4-3-5-10-21/h3-7,9-16H,2,8,18-19H2,1H3. The van der Waals surface area contributed by atoms with E-state index in [0.29, 0.717) is 34.5 Å². The number of carbonyl (C=O) groups excluding carboxylic acids is 2. The van der Waals surface area contributed by atoms with E-state index in [2.05, 4.69) is 5.10 Å². The van der Waals surface area contributed by atoms with Crippen molar-refractivity contribution in [3.8, 4) is 17.5 Å². The van der Waals surface area contributed by atoms with Crippen LogP contribution in [0, 0.1) is 11.3 Å². The summed E-state index contributed by atoms with van der Waals surface area (Å²) < 4.78 is 11.9. The van der Waals surface area contributed by atoms with Crippen LogP contribution in [0.25, 0.3) is 16.5 Å². The highest BCUT2D eigenvalue weighted by molar-refractivity contribution is 6.03. The first kappa shape index (κ1) is 25.1. The number of carbonyl (C=O) groups is 2. The van der Waals surface area contributed by atoms with Gasteiger partial charge in [0.05, 0.1) is 30.2 Å². The number of rotatable bonds is 9. The van der Waals surface area contributed by atoms with E-state index in [0.717, 1.165) is 4.68 Å². The van der Waals surface area contributed by atoms with Crippen molar-refractivity contribution in [2.24, 2.45) is 0 Å². The Morgan fingerprint density at radius 2 is 1.65 bits per heavy atom. The van der Waals surface area contributed by atoms with Crippen LogP contribution < -0.4 is 15.2 Å². The minimum Gasteiger partial charge on any atom is -0.494 e. The normalized spacial score (nSPS) is 10.5. The van der Waals surface area contributed by atoms with Gasteiger partial charge in [-0.05, 0) is 49.4 Å². The fourth-order valence-corrected chi connectivity index (χ4v) is 3.81. The Balaban J connectivity index is 1.59. The number of benzene rings is 3. The van der Waals surface area contributed by atoms with Crippen LogP contribution in [0.15, 0.2) is 83.7 Å². The molecular weight excluding hydrogens is 472 g/mol. The topological polar surface area (TPSA) is 115 Å². The van der Waals surface area contributed by atoms with Crippen molar-refractivity contribution in [1.29, 1.82) is 5.26 Å². The SMILES string of the molecule is CCOc1ccc(N(CCC#N)C(=O)COC(=O)c2nn(-c3ccccc3)c(=O)c3ccccc23)cc1. The summed E-state index contributed by atoms with van der Waals surface area (Å²) in [6.45, 7) is 1.93. The number of nitriles is 1. The summed E-state index contributed by atoms with van der Waals surface area (Å²) >= 11 is 0. The van der Waals surface area contributed by atoms with E-state index in [-0.39, 0.29) is 24.2 Å². The van der Waals surface area contributed by atoms with E-state index in [1.54, 1.807) is 78.9 Å². The van der Waals surface area contributed by atoms with Gasteiger partial charge in [0.1, 0.15) is 5.75 Å². The van der Waals surface area contributed by atoms with Gasteiger partial charge < -0.3 is 14.4 Å². The average molecular weight is 497 g/mol. The second-order valence-corrected chi connectivity index (χ2v) is 7.90. The minimum absolute atomic E-state index is 0.0866. The molecule has 186 valence electrons.